The first-order chi connectivity index (χ1) is 8.36. The summed E-state index contributed by atoms with van der Waals surface area (Å²) in [5.41, 5.74) is 1.25. The van der Waals surface area contributed by atoms with E-state index in [0.29, 0.717) is 0 Å². The van der Waals surface area contributed by atoms with Crippen LogP contribution in [0.2, 0.25) is 0 Å². The van der Waals surface area contributed by atoms with Crippen molar-refractivity contribution in [3.63, 3.8) is 0 Å². The highest BCUT2D eigenvalue weighted by Crippen LogP contribution is 2.11. The Balaban J connectivity index is 2.09. The van der Waals surface area contributed by atoms with Crippen LogP contribution in [0.4, 0.5) is 0 Å². The summed E-state index contributed by atoms with van der Waals surface area (Å²) in [6.45, 7) is 5.71. The maximum atomic E-state index is 5.41. The van der Waals surface area contributed by atoms with E-state index in [-0.39, 0.29) is 0 Å². The molecule has 0 aliphatic rings. The van der Waals surface area contributed by atoms with Crippen LogP contribution in [0.15, 0.2) is 24.3 Å². The first-order valence-electron chi connectivity index (χ1n) is 6.28. The molecule has 1 aromatic rings. The monoisotopic (exact) mass is 237 g/mol. The highest BCUT2D eigenvalue weighted by atomic mass is 16.5. The van der Waals surface area contributed by atoms with Crippen molar-refractivity contribution in [2.24, 2.45) is 0 Å². The van der Waals surface area contributed by atoms with Crippen LogP contribution in [0.1, 0.15) is 25.3 Å². The molecular weight excluding hydrogens is 214 g/mol. The molecule has 0 bridgehead atoms. The second-order valence-corrected chi connectivity index (χ2v) is 3.99. The lowest BCUT2D eigenvalue weighted by Gasteiger charge is -2.07. The van der Waals surface area contributed by atoms with Gasteiger partial charge in [0.2, 0.25) is 0 Å². The minimum atomic E-state index is 0.846. The van der Waals surface area contributed by atoms with E-state index in [0.717, 1.165) is 44.9 Å². The molecule has 0 atom stereocenters. The van der Waals surface area contributed by atoms with Crippen LogP contribution in [0.5, 0.6) is 5.75 Å². The Kier molecular flexibility index (Phi) is 7.43. The molecule has 0 amide bonds. The number of methoxy groups -OCH3 is 1. The van der Waals surface area contributed by atoms with E-state index in [9.17, 15) is 0 Å². The van der Waals surface area contributed by atoms with Crippen molar-refractivity contribution in [3.8, 4) is 5.75 Å². The summed E-state index contributed by atoms with van der Waals surface area (Å²) >= 11 is 0. The third-order valence-corrected chi connectivity index (χ3v) is 2.45. The number of hydrogen-bond acceptors (Lipinski definition) is 3. The van der Waals surface area contributed by atoms with Crippen molar-refractivity contribution in [2.45, 2.75) is 26.3 Å². The van der Waals surface area contributed by atoms with E-state index in [1.165, 1.54) is 5.56 Å². The fourth-order valence-corrected chi connectivity index (χ4v) is 1.56. The van der Waals surface area contributed by atoms with Crippen LogP contribution in [-0.2, 0) is 11.3 Å². The second-order valence-electron chi connectivity index (χ2n) is 3.99. The number of rotatable bonds is 9. The molecule has 3 nitrogen and oxygen atoms in total. The molecule has 1 aromatic carbocycles. The number of ether oxygens (including phenoxy) is 2. The van der Waals surface area contributed by atoms with Gasteiger partial charge in [-0.1, -0.05) is 19.1 Å². The molecule has 1 rings (SSSR count). The lowest BCUT2D eigenvalue weighted by Crippen LogP contribution is -2.16. The zero-order valence-corrected chi connectivity index (χ0v) is 10.9. The third kappa shape index (κ3) is 6.29. The zero-order valence-electron chi connectivity index (χ0n) is 10.9. The summed E-state index contributed by atoms with van der Waals surface area (Å²) in [6, 6.07) is 8.13. The summed E-state index contributed by atoms with van der Waals surface area (Å²) in [7, 11) is 1.69. The summed E-state index contributed by atoms with van der Waals surface area (Å²) in [4.78, 5) is 0. The van der Waals surface area contributed by atoms with Gasteiger partial charge >= 0.3 is 0 Å². The molecule has 3 heteroatoms. The Labute approximate surface area is 104 Å². The van der Waals surface area contributed by atoms with Crippen molar-refractivity contribution in [1.82, 2.24) is 5.32 Å². The molecule has 96 valence electrons. The van der Waals surface area contributed by atoms with Crippen molar-refractivity contribution < 1.29 is 9.47 Å². The first-order valence-corrected chi connectivity index (χ1v) is 6.28. The molecule has 0 unspecified atom stereocenters. The Hall–Kier alpha value is -1.06. The van der Waals surface area contributed by atoms with Crippen molar-refractivity contribution in [3.05, 3.63) is 29.8 Å². The fraction of sp³-hybridized carbons (Fsp3) is 0.571. The van der Waals surface area contributed by atoms with Crippen LogP contribution >= 0.6 is 0 Å². The van der Waals surface area contributed by atoms with Gasteiger partial charge in [-0.05, 0) is 37.1 Å². The second kappa shape index (κ2) is 9.02. The van der Waals surface area contributed by atoms with Crippen molar-refractivity contribution in [1.29, 1.82) is 0 Å². The fourth-order valence-electron chi connectivity index (χ4n) is 1.56. The maximum Gasteiger partial charge on any atom is 0.119 e. The Morgan fingerprint density at radius 2 is 2.12 bits per heavy atom. The van der Waals surface area contributed by atoms with Gasteiger partial charge in [0.15, 0.2) is 0 Å². The van der Waals surface area contributed by atoms with E-state index < -0.39 is 0 Å². The van der Waals surface area contributed by atoms with Crippen molar-refractivity contribution in [2.75, 3.05) is 26.9 Å². The topological polar surface area (TPSA) is 30.5 Å². The van der Waals surface area contributed by atoms with Gasteiger partial charge in [0, 0.05) is 19.8 Å². The molecule has 0 saturated carbocycles. The van der Waals surface area contributed by atoms with E-state index in [2.05, 4.69) is 24.4 Å². The van der Waals surface area contributed by atoms with Gasteiger partial charge in [-0.25, -0.2) is 0 Å². The van der Waals surface area contributed by atoms with Crippen LogP contribution < -0.4 is 10.1 Å². The first kappa shape index (κ1) is 14.0. The molecule has 0 radical (unpaired) electrons. The zero-order chi connectivity index (χ0) is 12.3. The van der Waals surface area contributed by atoms with Gasteiger partial charge in [-0.3, -0.25) is 0 Å². The van der Waals surface area contributed by atoms with E-state index >= 15 is 0 Å². The Morgan fingerprint density at radius 1 is 1.24 bits per heavy atom. The number of nitrogens with one attached hydrogen (secondary N) is 1. The molecule has 0 heterocycles. The van der Waals surface area contributed by atoms with Crippen LogP contribution in [0, 0.1) is 0 Å². The minimum absolute atomic E-state index is 0.846. The molecule has 1 N–H and O–H groups in total. The molecule has 0 spiro atoms. The van der Waals surface area contributed by atoms with Gasteiger partial charge < -0.3 is 14.8 Å². The molecule has 0 aliphatic carbocycles. The van der Waals surface area contributed by atoms with E-state index in [4.69, 9.17) is 9.47 Å². The van der Waals surface area contributed by atoms with Crippen LogP contribution in [0.3, 0.4) is 0 Å². The highest BCUT2D eigenvalue weighted by molar-refractivity contribution is 5.28. The maximum absolute atomic E-state index is 5.41. The quantitative estimate of drug-likeness (QED) is 0.670. The van der Waals surface area contributed by atoms with E-state index in [1.807, 2.05) is 12.1 Å². The van der Waals surface area contributed by atoms with Gasteiger partial charge in [0.05, 0.1) is 7.11 Å². The summed E-state index contributed by atoms with van der Waals surface area (Å²) < 4.78 is 10.6. The smallest absolute Gasteiger partial charge is 0.119 e. The molecule has 0 fully saturated rings. The van der Waals surface area contributed by atoms with E-state index in [1.54, 1.807) is 7.11 Å². The number of hydrogen-bond donors (Lipinski definition) is 1. The average Bonchev–Trinajstić information content (AvgIpc) is 2.38. The average molecular weight is 237 g/mol. The summed E-state index contributed by atoms with van der Waals surface area (Å²) in [5, 5.41) is 3.39. The Bertz CT molecular complexity index is 302. The predicted molar refractivity (Wildman–Crippen MR) is 70.4 cm³/mol. The molecular formula is C14H23NO2. The lowest BCUT2D eigenvalue weighted by molar-refractivity contribution is 0.132. The standard InChI is InChI=1S/C14H23NO2/c1-3-9-17-10-5-8-15-12-13-6-4-7-14(11-13)16-2/h4,6-7,11,15H,3,5,8-10,12H2,1-2H3. The van der Waals surface area contributed by atoms with Gasteiger partial charge in [-0.2, -0.15) is 0 Å². The van der Waals surface area contributed by atoms with Gasteiger partial charge in [0.1, 0.15) is 5.75 Å². The normalized spacial score (nSPS) is 10.5. The SMILES string of the molecule is CCCOCCCNCc1cccc(OC)c1. The minimum Gasteiger partial charge on any atom is -0.497 e. The number of benzene rings is 1. The van der Waals surface area contributed by atoms with Gasteiger partial charge in [0.25, 0.3) is 0 Å². The molecule has 0 saturated heterocycles. The Morgan fingerprint density at radius 3 is 2.88 bits per heavy atom. The summed E-state index contributed by atoms with van der Waals surface area (Å²) in [6.07, 6.45) is 2.15. The largest absolute Gasteiger partial charge is 0.497 e. The molecule has 17 heavy (non-hydrogen) atoms. The van der Waals surface area contributed by atoms with Crippen molar-refractivity contribution >= 4 is 0 Å². The van der Waals surface area contributed by atoms with Crippen LogP contribution in [-0.4, -0.2) is 26.9 Å². The lowest BCUT2D eigenvalue weighted by atomic mass is 10.2. The third-order valence-electron chi connectivity index (χ3n) is 2.45. The highest BCUT2D eigenvalue weighted by Gasteiger charge is 1.95. The summed E-state index contributed by atoms with van der Waals surface area (Å²) in [5.74, 6) is 0.913. The molecule has 0 aromatic heterocycles. The van der Waals surface area contributed by atoms with Crippen LogP contribution in [0.25, 0.3) is 0 Å². The predicted octanol–water partition coefficient (Wildman–Crippen LogP) is 2.60. The van der Waals surface area contributed by atoms with Gasteiger partial charge in [-0.15, -0.1) is 0 Å². The molecule has 0 aliphatic heterocycles.